The Bertz CT molecular complexity index is 421. The summed E-state index contributed by atoms with van der Waals surface area (Å²) in [7, 11) is 0. The fraction of sp³-hybridized carbons (Fsp3) is 0.500. The van der Waals surface area contributed by atoms with Gasteiger partial charge in [0.15, 0.2) is 0 Å². The first-order chi connectivity index (χ1) is 10.9. The lowest BCUT2D eigenvalue weighted by Crippen LogP contribution is -1.95. The summed E-state index contributed by atoms with van der Waals surface area (Å²) in [5.41, 5.74) is 0. The van der Waals surface area contributed by atoms with Crippen LogP contribution in [-0.2, 0) is 4.74 Å². The average molecular weight is 302 g/mol. The van der Waals surface area contributed by atoms with E-state index >= 15 is 0 Å². The van der Waals surface area contributed by atoms with Crippen molar-refractivity contribution in [2.45, 2.75) is 52.4 Å². The van der Waals surface area contributed by atoms with Crippen molar-refractivity contribution >= 4 is 0 Å². The smallest absolute Gasteiger partial charge is 0.119 e. The quantitative estimate of drug-likeness (QED) is 0.439. The standard InChI is InChI=1S/C10H16O.C10H14O/c2*1-2-3-9-11-10-7-5-4-6-8-10/h4-5,8H,2-3,6-7,9H2,1H3;4-8H,2-3,9H2,1H3. The van der Waals surface area contributed by atoms with Crippen LogP contribution in [-0.4, -0.2) is 13.2 Å². The lowest BCUT2D eigenvalue weighted by atomic mass is 10.2. The molecule has 1 aliphatic rings. The fourth-order valence-electron chi connectivity index (χ4n) is 1.90. The Labute approximate surface area is 135 Å². The van der Waals surface area contributed by atoms with Crippen molar-refractivity contribution in [2.24, 2.45) is 0 Å². The van der Waals surface area contributed by atoms with E-state index in [1.807, 2.05) is 30.3 Å². The van der Waals surface area contributed by atoms with Crippen LogP contribution >= 0.6 is 0 Å². The van der Waals surface area contributed by atoms with E-state index in [-0.39, 0.29) is 0 Å². The highest BCUT2D eigenvalue weighted by Crippen LogP contribution is 2.12. The van der Waals surface area contributed by atoms with Crippen LogP contribution in [0.5, 0.6) is 5.75 Å². The predicted octanol–water partition coefficient (Wildman–Crippen LogP) is 5.90. The van der Waals surface area contributed by atoms with Gasteiger partial charge >= 0.3 is 0 Å². The van der Waals surface area contributed by atoms with E-state index in [9.17, 15) is 0 Å². The highest BCUT2D eigenvalue weighted by Gasteiger charge is 1.97. The Balaban J connectivity index is 0.000000220. The van der Waals surface area contributed by atoms with E-state index in [0.717, 1.165) is 44.0 Å². The summed E-state index contributed by atoms with van der Waals surface area (Å²) in [5.74, 6) is 2.13. The van der Waals surface area contributed by atoms with Crippen LogP contribution in [0.25, 0.3) is 0 Å². The van der Waals surface area contributed by atoms with Crippen LogP contribution in [0.2, 0.25) is 0 Å². The minimum absolute atomic E-state index is 0.834. The van der Waals surface area contributed by atoms with Gasteiger partial charge in [-0.05, 0) is 37.5 Å². The van der Waals surface area contributed by atoms with Crippen LogP contribution in [0.1, 0.15) is 52.4 Å². The molecule has 0 aliphatic heterocycles. The van der Waals surface area contributed by atoms with E-state index < -0.39 is 0 Å². The number of hydrogen-bond donors (Lipinski definition) is 0. The highest BCUT2D eigenvalue weighted by atomic mass is 16.5. The molecule has 0 spiro atoms. The number of rotatable bonds is 8. The number of allylic oxidation sites excluding steroid dienone is 3. The zero-order valence-electron chi connectivity index (χ0n) is 14.1. The fourth-order valence-corrected chi connectivity index (χ4v) is 1.90. The van der Waals surface area contributed by atoms with Gasteiger partial charge in [-0.1, -0.05) is 57.0 Å². The maximum Gasteiger partial charge on any atom is 0.119 e. The molecule has 122 valence electrons. The third-order valence-corrected chi connectivity index (χ3v) is 3.26. The summed E-state index contributed by atoms with van der Waals surface area (Å²) in [6.45, 7) is 6.06. The first kappa shape index (κ1) is 18.3. The van der Waals surface area contributed by atoms with Crippen molar-refractivity contribution in [3.8, 4) is 5.75 Å². The third kappa shape index (κ3) is 9.28. The molecule has 1 aliphatic carbocycles. The van der Waals surface area contributed by atoms with Gasteiger partial charge in [0.1, 0.15) is 5.75 Å². The molecule has 0 bridgehead atoms. The van der Waals surface area contributed by atoms with Crippen LogP contribution in [0.4, 0.5) is 0 Å². The summed E-state index contributed by atoms with van der Waals surface area (Å²) in [6, 6.07) is 9.93. The Morgan fingerprint density at radius 3 is 2.14 bits per heavy atom. The molecule has 0 radical (unpaired) electrons. The maximum absolute atomic E-state index is 5.53. The number of benzene rings is 1. The molecule has 0 heterocycles. The molecule has 1 aromatic rings. The molecule has 2 heteroatoms. The summed E-state index contributed by atoms with van der Waals surface area (Å²) >= 11 is 0. The number of unbranched alkanes of at least 4 members (excludes halogenated alkanes) is 2. The number of para-hydroxylation sites is 1. The van der Waals surface area contributed by atoms with Gasteiger partial charge in [0.05, 0.1) is 19.0 Å². The molecule has 0 N–H and O–H groups in total. The number of ether oxygens (including phenoxy) is 2. The summed E-state index contributed by atoms with van der Waals surface area (Å²) in [6.07, 6.45) is 13.2. The SMILES string of the molecule is CCCCOC1=CCC=CC1.CCCCOc1ccccc1. The van der Waals surface area contributed by atoms with Gasteiger partial charge in [0.2, 0.25) is 0 Å². The summed E-state index contributed by atoms with van der Waals surface area (Å²) in [5, 5.41) is 0. The number of hydrogen-bond acceptors (Lipinski definition) is 2. The second-order valence-electron chi connectivity index (χ2n) is 5.30. The molecule has 0 atom stereocenters. The topological polar surface area (TPSA) is 18.5 Å². The zero-order valence-corrected chi connectivity index (χ0v) is 14.1. The lowest BCUT2D eigenvalue weighted by Gasteiger charge is -2.09. The molecule has 0 aromatic heterocycles. The van der Waals surface area contributed by atoms with Crippen molar-refractivity contribution in [1.82, 2.24) is 0 Å². The summed E-state index contributed by atoms with van der Waals surface area (Å²) in [4.78, 5) is 0. The van der Waals surface area contributed by atoms with Gasteiger partial charge < -0.3 is 9.47 Å². The molecular weight excluding hydrogens is 272 g/mol. The normalized spacial score (nSPS) is 12.9. The van der Waals surface area contributed by atoms with Crippen molar-refractivity contribution in [1.29, 1.82) is 0 Å². The minimum Gasteiger partial charge on any atom is -0.498 e. The van der Waals surface area contributed by atoms with Crippen molar-refractivity contribution < 1.29 is 9.47 Å². The van der Waals surface area contributed by atoms with E-state index in [4.69, 9.17) is 9.47 Å². The van der Waals surface area contributed by atoms with Gasteiger partial charge in [-0.3, -0.25) is 0 Å². The lowest BCUT2D eigenvalue weighted by molar-refractivity contribution is 0.201. The van der Waals surface area contributed by atoms with Crippen LogP contribution < -0.4 is 4.74 Å². The van der Waals surface area contributed by atoms with Gasteiger partial charge in [-0.2, -0.15) is 0 Å². The third-order valence-electron chi connectivity index (χ3n) is 3.26. The first-order valence-corrected chi connectivity index (χ1v) is 8.51. The minimum atomic E-state index is 0.834. The Morgan fingerprint density at radius 2 is 1.55 bits per heavy atom. The molecular formula is C20H30O2. The second kappa shape index (κ2) is 13.0. The van der Waals surface area contributed by atoms with Crippen molar-refractivity contribution in [3.63, 3.8) is 0 Å². The second-order valence-corrected chi connectivity index (χ2v) is 5.30. The monoisotopic (exact) mass is 302 g/mol. The van der Waals surface area contributed by atoms with E-state index in [0.29, 0.717) is 0 Å². The summed E-state index contributed by atoms with van der Waals surface area (Å²) < 4.78 is 11.0. The Hall–Kier alpha value is -1.70. The van der Waals surface area contributed by atoms with Crippen LogP contribution in [0, 0.1) is 0 Å². The van der Waals surface area contributed by atoms with Crippen LogP contribution in [0.15, 0.2) is 54.3 Å². The van der Waals surface area contributed by atoms with Gasteiger partial charge in [-0.15, -0.1) is 0 Å². The van der Waals surface area contributed by atoms with Gasteiger partial charge in [0, 0.05) is 6.42 Å². The van der Waals surface area contributed by atoms with E-state index in [1.165, 1.54) is 19.3 Å². The van der Waals surface area contributed by atoms with Gasteiger partial charge in [0.25, 0.3) is 0 Å². The van der Waals surface area contributed by atoms with E-state index in [2.05, 4.69) is 32.1 Å². The van der Waals surface area contributed by atoms with E-state index in [1.54, 1.807) is 0 Å². The molecule has 0 saturated carbocycles. The molecule has 1 aromatic carbocycles. The largest absolute Gasteiger partial charge is 0.498 e. The molecule has 0 unspecified atom stereocenters. The molecule has 0 saturated heterocycles. The zero-order chi connectivity index (χ0) is 15.9. The molecule has 0 amide bonds. The highest BCUT2D eigenvalue weighted by molar-refractivity contribution is 5.20. The average Bonchev–Trinajstić information content (AvgIpc) is 2.58. The molecule has 2 rings (SSSR count). The van der Waals surface area contributed by atoms with Crippen molar-refractivity contribution in [3.05, 3.63) is 54.3 Å². The molecule has 22 heavy (non-hydrogen) atoms. The molecule has 0 fully saturated rings. The van der Waals surface area contributed by atoms with Gasteiger partial charge in [-0.25, -0.2) is 0 Å². The van der Waals surface area contributed by atoms with Crippen molar-refractivity contribution in [2.75, 3.05) is 13.2 Å². The van der Waals surface area contributed by atoms with Crippen LogP contribution in [0.3, 0.4) is 0 Å². The Kier molecular flexibility index (Phi) is 10.8. The Morgan fingerprint density at radius 1 is 0.864 bits per heavy atom. The predicted molar refractivity (Wildman–Crippen MR) is 94.2 cm³/mol. The molecule has 2 nitrogen and oxygen atoms in total. The maximum atomic E-state index is 5.53. The first-order valence-electron chi connectivity index (χ1n) is 8.51.